The SMILES string of the molecule is CCC(O)CNc1ncns1. The zero-order valence-electron chi connectivity index (χ0n) is 6.32. The highest BCUT2D eigenvalue weighted by Gasteiger charge is 2.00. The second kappa shape index (κ2) is 4.25. The van der Waals surface area contributed by atoms with Crippen molar-refractivity contribution in [2.24, 2.45) is 0 Å². The van der Waals surface area contributed by atoms with Crippen LogP contribution in [0.15, 0.2) is 6.33 Å². The molecule has 0 aliphatic carbocycles. The van der Waals surface area contributed by atoms with Crippen LogP contribution in [0.3, 0.4) is 0 Å². The largest absolute Gasteiger partial charge is 0.391 e. The Hall–Kier alpha value is -0.680. The lowest BCUT2D eigenvalue weighted by atomic mass is 10.3. The highest BCUT2D eigenvalue weighted by Crippen LogP contribution is 2.06. The van der Waals surface area contributed by atoms with Gasteiger partial charge in [-0.3, -0.25) is 0 Å². The number of rotatable bonds is 4. The van der Waals surface area contributed by atoms with Crippen LogP contribution in [0.25, 0.3) is 0 Å². The minimum Gasteiger partial charge on any atom is -0.391 e. The molecule has 1 heterocycles. The number of aliphatic hydroxyl groups is 1. The molecule has 1 rings (SSSR count). The fourth-order valence-corrected chi connectivity index (χ4v) is 1.04. The molecule has 0 saturated heterocycles. The lowest BCUT2D eigenvalue weighted by Crippen LogP contribution is -2.17. The van der Waals surface area contributed by atoms with Gasteiger partial charge in [0.2, 0.25) is 5.13 Å². The second-order valence-electron chi connectivity index (χ2n) is 2.19. The average molecular weight is 173 g/mol. The van der Waals surface area contributed by atoms with Crippen LogP contribution >= 0.6 is 11.5 Å². The number of anilines is 1. The molecule has 0 radical (unpaired) electrons. The zero-order valence-corrected chi connectivity index (χ0v) is 7.14. The van der Waals surface area contributed by atoms with E-state index in [1.54, 1.807) is 0 Å². The zero-order chi connectivity index (χ0) is 8.10. The first-order chi connectivity index (χ1) is 5.33. The quantitative estimate of drug-likeness (QED) is 0.704. The van der Waals surface area contributed by atoms with Gasteiger partial charge in [-0.05, 0) is 6.42 Å². The minimum absolute atomic E-state index is 0.293. The topological polar surface area (TPSA) is 58.0 Å². The predicted octanol–water partition coefficient (Wildman–Crippen LogP) is 0.721. The Kier molecular flexibility index (Phi) is 3.25. The van der Waals surface area contributed by atoms with Crippen LogP contribution in [0.4, 0.5) is 5.13 Å². The average Bonchev–Trinajstić information content (AvgIpc) is 2.52. The standard InChI is InChI=1S/C6H11N3OS/c1-2-5(10)3-7-6-8-4-9-11-6/h4-5,10H,2-3H2,1H3,(H,7,8,9). The van der Waals surface area contributed by atoms with Crippen LogP contribution in [0, 0.1) is 0 Å². The van der Waals surface area contributed by atoms with E-state index in [1.807, 2.05) is 6.92 Å². The van der Waals surface area contributed by atoms with Crippen molar-refractivity contribution >= 4 is 16.7 Å². The summed E-state index contributed by atoms with van der Waals surface area (Å²) >= 11 is 1.29. The van der Waals surface area contributed by atoms with Gasteiger partial charge >= 0.3 is 0 Å². The van der Waals surface area contributed by atoms with Crippen molar-refractivity contribution in [2.75, 3.05) is 11.9 Å². The molecule has 2 N–H and O–H groups in total. The monoisotopic (exact) mass is 173 g/mol. The van der Waals surface area contributed by atoms with Gasteiger partial charge in [-0.25, -0.2) is 4.98 Å². The minimum atomic E-state index is -0.293. The molecule has 1 atom stereocenters. The van der Waals surface area contributed by atoms with Gasteiger partial charge in [-0.1, -0.05) is 6.92 Å². The third kappa shape index (κ3) is 2.81. The molecule has 11 heavy (non-hydrogen) atoms. The smallest absolute Gasteiger partial charge is 0.202 e. The predicted molar refractivity (Wildman–Crippen MR) is 44.7 cm³/mol. The summed E-state index contributed by atoms with van der Waals surface area (Å²) in [5.41, 5.74) is 0. The van der Waals surface area contributed by atoms with Crippen LogP contribution in [-0.2, 0) is 0 Å². The van der Waals surface area contributed by atoms with E-state index in [0.29, 0.717) is 6.54 Å². The van der Waals surface area contributed by atoms with Crippen molar-refractivity contribution in [1.29, 1.82) is 0 Å². The van der Waals surface area contributed by atoms with Gasteiger partial charge in [0.1, 0.15) is 6.33 Å². The van der Waals surface area contributed by atoms with Crippen LogP contribution in [0.1, 0.15) is 13.3 Å². The van der Waals surface area contributed by atoms with Crippen molar-refractivity contribution < 1.29 is 5.11 Å². The van der Waals surface area contributed by atoms with Gasteiger partial charge in [-0.15, -0.1) is 0 Å². The summed E-state index contributed by atoms with van der Waals surface area (Å²) in [5, 5.41) is 12.9. The van der Waals surface area contributed by atoms with E-state index in [-0.39, 0.29) is 6.10 Å². The van der Waals surface area contributed by atoms with E-state index < -0.39 is 0 Å². The summed E-state index contributed by atoms with van der Waals surface area (Å²) in [6, 6.07) is 0. The van der Waals surface area contributed by atoms with Crippen LogP contribution in [0.5, 0.6) is 0 Å². The molecule has 1 aromatic rings. The summed E-state index contributed by atoms with van der Waals surface area (Å²) in [7, 11) is 0. The van der Waals surface area contributed by atoms with Gasteiger partial charge in [0.05, 0.1) is 6.10 Å². The first kappa shape index (κ1) is 8.42. The van der Waals surface area contributed by atoms with E-state index in [0.717, 1.165) is 11.6 Å². The summed E-state index contributed by atoms with van der Waals surface area (Å²) in [6.45, 7) is 2.48. The first-order valence-electron chi connectivity index (χ1n) is 3.51. The third-order valence-corrected chi connectivity index (χ3v) is 1.94. The van der Waals surface area contributed by atoms with Gasteiger partial charge in [0.25, 0.3) is 0 Å². The van der Waals surface area contributed by atoms with Crippen molar-refractivity contribution in [1.82, 2.24) is 9.36 Å². The lowest BCUT2D eigenvalue weighted by molar-refractivity contribution is 0.183. The maximum absolute atomic E-state index is 9.15. The van der Waals surface area contributed by atoms with Crippen LogP contribution in [-0.4, -0.2) is 27.1 Å². The van der Waals surface area contributed by atoms with Crippen LogP contribution in [0.2, 0.25) is 0 Å². The Morgan fingerprint density at radius 1 is 1.82 bits per heavy atom. The van der Waals surface area contributed by atoms with E-state index in [4.69, 9.17) is 5.11 Å². The summed E-state index contributed by atoms with van der Waals surface area (Å²) in [6.07, 6.45) is 1.95. The van der Waals surface area contributed by atoms with Gasteiger partial charge in [0.15, 0.2) is 0 Å². The molecule has 0 aromatic carbocycles. The Morgan fingerprint density at radius 3 is 3.18 bits per heavy atom. The molecular weight excluding hydrogens is 162 g/mol. The van der Waals surface area contributed by atoms with Gasteiger partial charge in [0, 0.05) is 18.1 Å². The number of aromatic nitrogens is 2. The van der Waals surface area contributed by atoms with E-state index in [2.05, 4.69) is 14.7 Å². The Labute approximate surface area is 69.5 Å². The van der Waals surface area contributed by atoms with Crippen LogP contribution < -0.4 is 5.32 Å². The normalized spacial score (nSPS) is 12.9. The van der Waals surface area contributed by atoms with Crippen molar-refractivity contribution in [2.45, 2.75) is 19.4 Å². The first-order valence-corrected chi connectivity index (χ1v) is 4.29. The van der Waals surface area contributed by atoms with E-state index in [1.165, 1.54) is 17.9 Å². The fraction of sp³-hybridized carbons (Fsp3) is 0.667. The van der Waals surface area contributed by atoms with E-state index in [9.17, 15) is 0 Å². The molecule has 1 unspecified atom stereocenters. The Balaban J connectivity index is 2.23. The number of aliphatic hydroxyl groups excluding tert-OH is 1. The number of nitrogens with one attached hydrogen (secondary N) is 1. The molecule has 0 bridgehead atoms. The molecule has 0 aliphatic heterocycles. The number of hydrogen-bond acceptors (Lipinski definition) is 5. The summed E-state index contributed by atoms with van der Waals surface area (Å²) in [5.74, 6) is 0. The summed E-state index contributed by atoms with van der Waals surface area (Å²) < 4.78 is 3.81. The Morgan fingerprint density at radius 2 is 2.64 bits per heavy atom. The fourth-order valence-electron chi connectivity index (χ4n) is 0.600. The molecule has 5 heteroatoms. The third-order valence-electron chi connectivity index (χ3n) is 1.32. The molecule has 1 aromatic heterocycles. The molecule has 62 valence electrons. The molecule has 0 saturated carbocycles. The molecule has 0 amide bonds. The summed E-state index contributed by atoms with van der Waals surface area (Å²) in [4.78, 5) is 3.91. The van der Waals surface area contributed by atoms with Gasteiger partial charge in [-0.2, -0.15) is 4.37 Å². The molecule has 0 aliphatic rings. The molecular formula is C6H11N3OS. The molecule has 0 spiro atoms. The highest BCUT2D eigenvalue weighted by molar-refractivity contribution is 7.09. The molecule has 0 fully saturated rings. The lowest BCUT2D eigenvalue weighted by Gasteiger charge is -2.06. The van der Waals surface area contributed by atoms with Crippen molar-refractivity contribution in [3.8, 4) is 0 Å². The Bertz CT molecular complexity index is 190. The maximum atomic E-state index is 9.15. The van der Waals surface area contributed by atoms with Crippen molar-refractivity contribution in [3.63, 3.8) is 0 Å². The van der Waals surface area contributed by atoms with E-state index >= 15 is 0 Å². The number of hydrogen-bond donors (Lipinski definition) is 2. The number of nitrogens with zero attached hydrogens (tertiary/aromatic N) is 2. The van der Waals surface area contributed by atoms with Gasteiger partial charge < -0.3 is 10.4 Å². The van der Waals surface area contributed by atoms with Crippen molar-refractivity contribution in [3.05, 3.63) is 6.33 Å². The highest BCUT2D eigenvalue weighted by atomic mass is 32.1. The maximum Gasteiger partial charge on any atom is 0.202 e. The second-order valence-corrected chi connectivity index (χ2v) is 2.97. The molecule has 4 nitrogen and oxygen atoms in total.